The van der Waals surface area contributed by atoms with E-state index >= 15 is 0 Å². The number of anilines is 1. The van der Waals surface area contributed by atoms with Crippen LogP contribution in [0.3, 0.4) is 0 Å². The number of amides is 1. The molecule has 0 saturated heterocycles. The van der Waals surface area contributed by atoms with Gasteiger partial charge < -0.3 is 5.32 Å². The topological polar surface area (TPSA) is 42.0 Å². The number of aryl methyl sites for hydroxylation is 1. The van der Waals surface area contributed by atoms with Gasteiger partial charge in [-0.15, -0.1) is 11.8 Å². The summed E-state index contributed by atoms with van der Waals surface area (Å²) in [6, 6.07) is 12.2. The van der Waals surface area contributed by atoms with Crippen LogP contribution < -0.4 is 5.32 Å². The zero-order valence-corrected chi connectivity index (χ0v) is 15.5. The molecule has 132 valence electrons. The third-order valence-electron chi connectivity index (χ3n) is 4.42. The molecule has 0 bridgehead atoms. The van der Waals surface area contributed by atoms with Crippen molar-refractivity contribution in [2.45, 2.75) is 24.2 Å². The van der Waals surface area contributed by atoms with Gasteiger partial charge in [0.15, 0.2) is 0 Å². The molecule has 1 aliphatic rings. The second kappa shape index (κ2) is 7.25. The van der Waals surface area contributed by atoms with Crippen LogP contribution in [0.25, 0.3) is 10.9 Å². The number of thioether (sulfide) groups is 1. The lowest BCUT2D eigenvalue weighted by Gasteiger charge is -2.12. The molecule has 2 aromatic carbocycles. The predicted octanol–water partition coefficient (Wildman–Crippen LogP) is 5.25. The van der Waals surface area contributed by atoms with Crippen molar-refractivity contribution in [1.29, 1.82) is 0 Å². The van der Waals surface area contributed by atoms with Crippen molar-refractivity contribution in [2.24, 2.45) is 0 Å². The molecule has 1 heterocycles. The van der Waals surface area contributed by atoms with Crippen LogP contribution in [0.15, 0.2) is 47.4 Å². The highest BCUT2D eigenvalue weighted by Crippen LogP contribution is 2.36. The summed E-state index contributed by atoms with van der Waals surface area (Å²) in [5, 5.41) is 3.86. The maximum Gasteiger partial charge on any atom is 0.234 e. The monoisotopic (exact) mass is 386 g/mol. The first kappa shape index (κ1) is 17.3. The molecule has 1 amide bonds. The molecular weight excluding hydrogens is 371 g/mol. The van der Waals surface area contributed by atoms with E-state index in [9.17, 15) is 9.18 Å². The summed E-state index contributed by atoms with van der Waals surface area (Å²) in [6.07, 6.45) is 3.10. The van der Waals surface area contributed by atoms with Gasteiger partial charge in [0.2, 0.25) is 5.91 Å². The molecule has 4 rings (SSSR count). The Kier molecular flexibility index (Phi) is 4.83. The van der Waals surface area contributed by atoms with Crippen LogP contribution >= 0.6 is 23.4 Å². The van der Waals surface area contributed by atoms with Crippen molar-refractivity contribution < 1.29 is 9.18 Å². The Hall–Kier alpha value is -2.11. The number of halogens is 2. The number of nitrogens with one attached hydrogen (secondary N) is 1. The number of hydrogen-bond acceptors (Lipinski definition) is 3. The van der Waals surface area contributed by atoms with E-state index in [0.29, 0.717) is 5.69 Å². The Balaban J connectivity index is 1.54. The van der Waals surface area contributed by atoms with E-state index in [0.717, 1.165) is 40.8 Å². The van der Waals surface area contributed by atoms with E-state index in [1.807, 2.05) is 18.2 Å². The first-order valence-electron chi connectivity index (χ1n) is 8.40. The van der Waals surface area contributed by atoms with Crippen molar-refractivity contribution >= 4 is 45.9 Å². The molecule has 0 aliphatic heterocycles. The van der Waals surface area contributed by atoms with Gasteiger partial charge in [-0.3, -0.25) is 9.78 Å². The van der Waals surface area contributed by atoms with Gasteiger partial charge in [-0.25, -0.2) is 4.39 Å². The van der Waals surface area contributed by atoms with Crippen LogP contribution in [0.5, 0.6) is 0 Å². The molecule has 1 N–H and O–H groups in total. The minimum Gasteiger partial charge on any atom is -0.325 e. The van der Waals surface area contributed by atoms with Crippen LogP contribution in [0, 0.1) is 5.82 Å². The fourth-order valence-corrected chi connectivity index (χ4v) is 4.49. The second-order valence-corrected chi connectivity index (χ2v) is 7.60. The molecule has 1 aromatic heterocycles. The smallest absolute Gasteiger partial charge is 0.234 e. The number of carbonyl (C=O) groups is 1. The van der Waals surface area contributed by atoms with E-state index in [1.54, 1.807) is 0 Å². The number of nitrogens with zero attached hydrogens (tertiary/aromatic N) is 1. The molecular formula is C20H16ClFN2OS. The Bertz CT molecular complexity index is 1010. The number of carbonyl (C=O) groups excluding carboxylic acids is 1. The van der Waals surface area contributed by atoms with Crippen molar-refractivity contribution in [3.63, 3.8) is 0 Å². The normalized spacial score (nSPS) is 13.0. The van der Waals surface area contributed by atoms with Gasteiger partial charge in [0.05, 0.1) is 16.3 Å². The number of pyridine rings is 1. The zero-order chi connectivity index (χ0) is 18.1. The molecule has 6 heteroatoms. The third-order valence-corrected chi connectivity index (χ3v) is 5.87. The highest BCUT2D eigenvalue weighted by molar-refractivity contribution is 8.00. The van der Waals surface area contributed by atoms with Crippen molar-refractivity contribution in [2.75, 3.05) is 11.1 Å². The number of aromatic nitrogens is 1. The first-order valence-corrected chi connectivity index (χ1v) is 9.76. The van der Waals surface area contributed by atoms with Gasteiger partial charge in [-0.1, -0.05) is 29.8 Å². The maximum atomic E-state index is 13.2. The van der Waals surface area contributed by atoms with E-state index in [-0.39, 0.29) is 16.7 Å². The van der Waals surface area contributed by atoms with Crippen molar-refractivity contribution in [1.82, 2.24) is 4.98 Å². The molecule has 0 spiro atoms. The largest absolute Gasteiger partial charge is 0.325 e. The Morgan fingerprint density at radius 2 is 2.08 bits per heavy atom. The van der Waals surface area contributed by atoms with Crippen LogP contribution in [0.2, 0.25) is 5.02 Å². The Morgan fingerprint density at radius 1 is 1.23 bits per heavy atom. The lowest BCUT2D eigenvalue weighted by Crippen LogP contribution is -2.14. The fraction of sp³-hybridized carbons (Fsp3) is 0.200. The van der Waals surface area contributed by atoms with Gasteiger partial charge in [0, 0.05) is 21.7 Å². The quantitative estimate of drug-likeness (QED) is 0.623. The number of rotatable bonds is 4. The second-order valence-electron chi connectivity index (χ2n) is 6.20. The first-order chi connectivity index (χ1) is 12.6. The minimum atomic E-state index is -0.502. The SMILES string of the molecule is O=C(CSc1c2c(nc3ccccc13)CCC2)Nc1ccc(F)c(Cl)c1. The molecule has 0 unspecified atom stereocenters. The lowest BCUT2D eigenvalue weighted by molar-refractivity contribution is -0.113. The van der Waals surface area contributed by atoms with E-state index in [4.69, 9.17) is 16.6 Å². The molecule has 26 heavy (non-hydrogen) atoms. The highest BCUT2D eigenvalue weighted by atomic mass is 35.5. The van der Waals surface area contributed by atoms with Gasteiger partial charge in [0.1, 0.15) is 5.82 Å². The summed E-state index contributed by atoms with van der Waals surface area (Å²) in [6.45, 7) is 0. The molecule has 0 atom stereocenters. The Morgan fingerprint density at radius 3 is 2.92 bits per heavy atom. The molecule has 0 fully saturated rings. The number of benzene rings is 2. The van der Waals surface area contributed by atoms with Crippen LogP contribution in [0.1, 0.15) is 17.7 Å². The maximum absolute atomic E-state index is 13.2. The third kappa shape index (κ3) is 3.41. The average Bonchev–Trinajstić information content (AvgIpc) is 3.10. The summed E-state index contributed by atoms with van der Waals surface area (Å²) in [7, 11) is 0. The summed E-state index contributed by atoms with van der Waals surface area (Å²) in [5.41, 5.74) is 3.89. The van der Waals surface area contributed by atoms with Gasteiger partial charge in [-0.2, -0.15) is 0 Å². The number of para-hydroxylation sites is 1. The zero-order valence-electron chi connectivity index (χ0n) is 13.9. The molecule has 0 radical (unpaired) electrons. The van der Waals surface area contributed by atoms with E-state index in [1.165, 1.54) is 35.5 Å². The van der Waals surface area contributed by atoms with Gasteiger partial charge in [0.25, 0.3) is 0 Å². The molecule has 1 aliphatic carbocycles. The molecule has 3 aromatic rings. The van der Waals surface area contributed by atoms with Crippen LogP contribution in [-0.2, 0) is 17.6 Å². The predicted molar refractivity (Wildman–Crippen MR) is 105 cm³/mol. The fourth-order valence-electron chi connectivity index (χ4n) is 3.24. The summed E-state index contributed by atoms with van der Waals surface area (Å²) >= 11 is 7.29. The molecule has 3 nitrogen and oxygen atoms in total. The summed E-state index contributed by atoms with van der Waals surface area (Å²) in [5.74, 6) is -0.377. The number of fused-ring (bicyclic) bond motifs is 2. The number of hydrogen-bond donors (Lipinski definition) is 1. The van der Waals surface area contributed by atoms with Crippen LogP contribution in [0.4, 0.5) is 10.1 Å². The van der Waals surface area contributed by atoms with Crippen LogP contribution in [-0.4, -0.2) is 16.6 Å². The molecule has 0 saturated carbocycles. The average molecular weight is 387 g/mol. The van der Waals surface area contributed by atoms with Gasteiger partial charge >= 0.3 is 0 Å². The summed E-state index contributed by atoms with van der Waals surface area (Å²) in [4.78, 5) is 18.2. The minimum absolute atomic E-state index is 0.00611. The van der Waals surface area contributed by atoms with Crippen molar-refractivity contribution in [3.05, 3.63) is 64.6 Å². The summed E-state index contributed by atoms with van der Waals surface area (Å²) < 4.78 is 13.2. The highest BCUT2D eigenvalue weighted by Gasteiger charge is 2.20. The Labute approximate surface area is 160 Å². The lowest BCUT2D eigenvalue weighted by atomic mass is 10.1. The van der Waals surface area contributed by atoms with Crippen molar-refractivity contribution in [3.8, 4) is 0 Å². The van der Waals surface area contributed by atoms with E-state index in [2.05, 4.69) is 11.4 Å². The van der Waals surface area contributed by atoms with Gasteiger partial charge in [-0.05, 0) is 49.1 Å². The van der Waals surface area contributed by atoms with E-state index < -0.39 is 5.82 Å². The standard InChI is InChI=1S/C20H16ClFN2OS/c21-15-10-12(8-9-16(15)22)23-19(25)11-26-20-13-4-1-2-6-17(13)24-18-7-3-5-14(18)20/h1-2,4,6,8-10H,3,5,7,11H2,(H,23,25).